The van der Waals surface area contributed by atoms with E-state index < -0.39 is 23.3 Å². The fourth-order valence-electron chi connectivity index (χ4n) is 1.16. The lowest BCUT2D eigenvalue weighted by molar-refractivity contribution is -0.138. The molecule has 1 heterocycles. The van der Waals surface area contributed by atoms with Crippen molar-refractivity contribution in [3.8, 4) is 0 Å². The second-order valence-corrected chi connectivity index (χ2v) is 2.81. The van der Waals surface area contributed by atoms with E-state index >= 15 is 0 Å². The first-order valence-electron chi connectivity index (χ1n) is 3.99. The molecule has 0 spiro atoms. The van der Waals surface area contributed by atoms with Gasteiger partial charge in [-0.2, -0.15) is 13.2 Å². The van der Waals surface area contributed by atoms with Crippen molar-refractivity contribution in [1.29, 1.82) is 0 Å². The van der Waals surface area contributed by atoms with Gasteiger partial charge in [-0.15, -0.1) is 0 Å². The largest absolute Gasteiger partial charge is 0.465 e. The van der Waals surface area contributed by atoms with Crippen LogP contribution in [-0.2, 0) is 10.9 Å². The van der Waals surface area contributed by atoms with E-state index in [4.69, 9.17) is 0 Å². The molecule has 0 aromatic carbocycles. The van der Waals surface area contributed by atoms with Crippen LogP contribution in [0.4, 0.5) is 13.2 Å². The fourth-order valence-corrected chi connectivity index (χ4v) is 1.16. The number of hydrogen-bond donors (Lipinski definition) is 0. The number of esters is 1. The second kappa shape index (κ2) is 3.88. The predicted octanol–water partition coefficient (Wildman–Crippen LogP) is 2.20. The third-order valence-corrected chi connectivity index (χ3v) is 1.84. The van der Waals surface area contributed by atoms with Crippen LogP contribution in [0.1, 0.15) is 21.6 Å². The minimum absolute atomic E-state index is 0.00308. The standard InChI is InChI=1S/C9H8F3NO2/c1-5-7(8(14)15-2)6(3-4-13-5)9(10,11)12/h3-4H,1-2H3. The molecule has 1 aromatic heterocycles. The van der Waals surface area contributed by atoms with Crippen molar-refractivity contribution in [3.05, 3.63) is 29.1 Å². The van der Waals surface area contributed by atoms with Gasteiger partial charge in [0.05, 0.1) is 23.9 Å². The van der Waals surface area contributed by atoms with Gasteiger partial charge in [0.2, 0.25) is 0 Å². The van der Waals surface area contributed by atoms with Gasteiger partial charge in [0.25, 0.3) is 0 Å². The average molecular weight is 219 g/mol. The van der Waals surface area contributed by atoms with Crippen LogP contribution in [0.2, 0.25) is 0 Å². The Labute approximate surface area is 83.9 Å². The van der Waals surface area contributed by atoms with E-state index in [0.29, 0.717) is 0 Å². The highest BCUT2D eigenvalue weighted by atomic mass is 19.4. The van der Waals surface area contributed by atoms with Crippen LogP contribution in [0.5, 0.6) is 0 Å². The number of methoxy groups -OCH3 is 1. The highest BCUT2D eigenvalue weighted by Gasteiger charge is 2.36. The van der Waals surface area contributed by atoms with E-state index in [1.807, 2.05) is 0 Å². The van der Waals surface area contributed by atoms with Crippen molar-refractivity contribution in [2.24, 2.45) is 0 Å². The molecule has 0 aliphatic carbocycles. The van der Waals surface area contributed by atoms with Gasteiger partial charge in [0.15, 0.2) is 0 Å². The number of alkyl halides is 3. The molecule has 6 heteroatoms. The van der Waals surface area contributed by atoms with Crippen LogP contribution in [0, 0.1) is 6.92 Å². The Kier molecular flexibility index (Phi) is 2.97. The van der Waals surface area contributed by atoms with Crippen molar-refractivity contribution in [1.82, 2.24) is 4.98 Å². The number of aromatic nitrogens is 1. The molecule has 0 radical (unpaired) electrons. The molecular formula is C9H8F3NO2. The van der Waals surface area contributed by atoms with Crippen molar-refractivity contribution in [2.45, 2.75) is 13.1 Å². The number of nitrogens with zero attached hydrogens (tertiary/aromatic N) is 1. The highest BCUT2D eigenvalue weighted by molar-refractivity contribution is 5.92. The van der Waals surface area contributed by atoms with Crippen LogP contribution >= 0.6 is 0 Å². The third kappa shape index (κ3) is 2.26. The van der Waals surface area contributed by atoms with Gasteiger partial charge in [-0.05, 0) is 13.0 Å². The summed E-state index contributed by atoms with van der Waals surface area (Å²) in [6.07, 6.45) is -3.58. The third-order valence-electron chi connectivity index (χ3n) is 1.84. The molecule has 1 rings (SSSR count). The molecule has 0 atom stereocenters. The Balaban J connectivity index is 3.40. The van der Waals surface area contributed by atoms with Crippen molar-refractivity contribution in [3.63, 3.8) is 0 Å². The lowest BCUT2D eigenvalue weighted by Crippen LogP contribution is -2.16. The molecule has 1 aromatic rings. The van der Waals surface area contributed by atoms with E-state index in [1.165, 1.54) is 6.92 Å². The Bertz CT molecular complexity index is 387. The number of ether oxygens (including phenoxy) is 1. The van der Waals surface area contributed by atoms with E-state index in [1.54, 1.807) is 0 Å². The minimum Gasteiger partial charge on any atom is -0.465 e. The van der Waals surface area contributed by atoms with Gasteiger partial charge < -0.3 is 4.74 Å². The molecule has 0 unspecified atom stereocenters. The summed E-state index contributed by atoms with van der Waals surface area (Å²) in [5, 5.41) is 0. The molecule has 0 N–H and O–H groups in total. The number of carbonyl (C=O) groups is 1. The zero-order valence-electron chi connectivity index (χ0n) is 8.05. The first-order valence-corrected chi connectivity index (χ1v) is 3.99. The Morgan fingerprint density at radius 2 is 2.07 bits per heavy atom. The summed E-state index contributed by atoms with van der Waals surface area (Å²) in [5.41, 5.74) is -1.56. The van der Waals surface area contributed by atoms with Crippen LogP contribution in [0.15, 0.2) is 12.3 Å². The van der Waals surface area contributed by atoms with Crippen LogP contribution in [0.3, 0.4) is 0 Å². The van der Waals surface area contributed by atoms with Crippen LogP contribution in [-0.4, -0.2) is 18.1 Å². The normalized spacial score (nSPS) is 11.3. The number of halogens is 3. The molecule has 0 saturated carbocycles. The highest BCUT2D eigenvalue weighted by Crippen LogP contribution is 2.32. The smallest absolute Gasteiger partial charge is 0.417 e. The lowest BCUT2D eigenvalue weighted by Gasteiger charge is -2.12. The lowest BCUT2D eigenvalue weighted by atomic mass is 10.1. The summed E-state index contributed by atoms with van der Waals surface area (Å²) < 4.78 is 41.7. The first-order chi connectivity index (χ1) is 6.88. The maximum absolute atomic E-state index is 12.5. The van der Waals surface area contributed by atoms with Crippen molar-refractivity contribution in [2.75, 3.05) is 7.11 Å². The van der Waals surface area contributed by atoms with Gasteiger partial charge in [0, 0.05) is 6.20 Å². The SMILES string of the molecule is COC(=O)c1c(C(F)(F)F)ccnc1C. The Morgan fingerprint density at radius 1 is 1.47 bits per heavy atom. The van der Waals surface area contributed by atoms with E-state index in [0.717, 1.165) is 19.4 Å². The van der Waals surface area contributed by atoms with Crippen LogP contribution < -0.4 is 0 Å². The number of pyridine rings is 1. The summed E-state index contributed by atoms with van der Waals surface area (Å²) in [7, 11) is 1.02. The fraction of sp³-hybridized carbons (Fsp3) is 0.333. The van der Waals surface area contributed by atoms with Crippen LogP contribution in [0.25, 0.3) is 0 Å². The second-order valence-electron chi connectivity index (χ2n) is 2.81. The number of hydrogen-bond acceptors (Lipinski definition) is 3. The summed E-state index contributed by atoms with van der Waals surface area (Å²) in [6.45, 7) is 1.32. The van der Waals surface area contributed by atoms with Crippen molar-refractivity contribution >= 4 is 5.97 Å². The molecule has 3 nitrogen and oxygen atoms in total. The van der Waals surface area contributed by atoms with E-state index in [9.17, 15) is 18.0 Å². The molecule has 0 amide bonds. The summed E-state index contributed by atoms with van der Waals surface area (Å²) >= 11 is 0. The zero-order valence-corrected chi connectivity index (χ0v) is 8.05. The molecule has 0 fully saturated rings. The maximum atomic E-state index is 12.5. The molecule has 0 bridgehead atoms. The average Bonchev–Trinajstić information content (AvgIpc) is 2.15. The first kappa shape index (κ1) is 11.5. The predicted molar refractivity (Wildman–Crippen MR) is 45.3 cm³/mol. The molecule has 15 heavy (non-hydrogen) atoms. The van der Waals surface area contributed by atoms with Gasteiger partial charge in [0.1, 0.15) is 0 Å². The van der Waals surface area contributed by atoms with Gasteiger partial charge in [-0.25, -0.2) is 4.79 Å². The quantitative estimate of drug-likeness (QED) is 0.679. The minimum atomic E-state index is -4.59. The van der Waals surface area contributed by atoms with E-state index in [-0.39, 0.29) is 5.69 Å². The number of rotatable bonds is 1. The Morgan fingerprint density at radius 3 is 2.53 bits per heavy atom. The molecule has 0 aliphatic rings. The topological polar surface area (TPSA) is 39.2 Å². The molecule has 0 saturated heterocycles. The van der Waals surface area contributed by atoms with Gasteiger partial charge in [-0.3, -0.25) is 4.98 Å². The summed E-state index contributed by atoms with van der Waals surface area (Å²) in [5.74, 6) is -1.03. The zero-order chi connectivity index (χ0) is 11.6. The summed E-state index contributed by atoms with van der Waals surface area (Å²) in [4.78, 5) is 14.8. The maximum Gasteiger partial charge on any atom is 0.417 e. The number of carbonyl (C=O) groups excluding carboxylic acids is 1. The van der Waals surface area contributed by atoms with Gasteiger partial charge in [-0.1, -0.05) is 0 Å². The number of aryl methyl sites for hydroxylation is 1. The monoisotopic (exact) mass is 219 g/mol. The molecule has 82 valence electrons. The molecule has 0 aliphatic heterocycles. The van der Waals surface area contributed by atoms with Gasteiger partial charge >= 0.3 is 12.1 Å². The van der Waals surface area contributed by atoms with Crippen molar-refractivity contribution < 1.29 is 22.7 Å². The Hall–Kier alpha value is -1.59. The molecular weight excluding hydrogens is 211 g/mol. The summed E-state index contributed by atoms with van der Waals surface area (Å²) in [6, 6.07) is 0.749. The van der Waals surface area contributed by atoms with E-state index in [2.05, 4.69) is 9.72 Å².